The van der Waals surface area contributed by atoms with Crippen LogP contribution in [0.25, 0.3) is 10.9 Å². The molecule has 0 bridgehead atoms. The van der Waals surface area contributed by atoms with Crippen molar-refractivity contribution in [3.8, 4) is 5.75 Å². The summed E-state index contributed by atoms with van der Waals surface area (Å²) in [5.74, 6) is -1.72. The Bertz CT molecular complexity index is 1730. The van der Waals surface area contributed by atoms with E-state index < -0.39 is 17.2 Å². The van der Waals surface area contributed by atoms with Crippen LogP contribution >= 0.6 is 11.8 Å². The highest BCUT2D eigenvalue weighted by Crippen LogP contribution is 2.28. The highest BCUT2D eigenvalue weighted by atomic mass is 32.2. The Labute approximate surface area is 354 Å². The number of carbonyl (C=O) groups excluding carboxylic acids is 7. The molecule has 19 heteroatoms. The van der Waals surface area contributed by atoms with E-state index in [0.717, 1.165) is 11.3 Å². The van der Waals surface area contributed by atoms with E-state index in [1.807, 2.05) is 20.8 Å². The summed E-state index contributed by atoms with van der Waals surface area (Å²) in [5, 5.41) is 5.27. The van der Waals surface area contributed by atoms with E-state index in [0.29, 0.717) is 35.7 Å². The number of ether oxygens (including phenoxy) is 7. The third-order valence-corrected chi connectivity index (χ3v) is 9.89. The van der Waals surface area contributed by atoms with Gasteiger partial charge >= 0.3 is 11.9 Å². The zero-order chi connectivity index (χ0) is 43.9. The van der Waals surface area contributed by atoms with Gasteiger partial charge in [-0.05, 0) is 30.5 Å². The number of thioether (sulfide) groups is 1. The number of nitrogens with one attached hydrogen (secondary N) is 2. The molecule has 0 aliphatic carbocycles. The number of Topliss-reactive ketones (excluding diaryl/α,β-unsaturated/α-hetero) is 1. The second-order valence-electron chi connectivity index (χ2n) is 14.4. The van der Waals surface area contributed by atoms with Gasteiger partial charge in [0.1, 0.15) is 51.1 Å². The number of hydrogen-bond donors (Lipinski definition) is 2. The number of amides is 4. The van der Waals surface area contributed by atoms with Crippen molar-refractivity contribution in [3.05, 3.63) is 30.0 Å². The van der Waals surface area contributed by atoms with Crippen molar-refractivity contribution in [2.45, 2.75) is 59.3 Å². The fourth-order valence-electron chi connectivity index (χ4n) is 5.41. The zero-order valence-corrected chi connectivity index (χ0v) is 36.1. The van der Waals surface area contributed by atoms with Gasteiger partial charge < -0.3 is 48.4 Å². The van der Waals surface area contributed by atoms with Crippen LogP contribution in [-0.4, -0.2) is 154 Å². The van der Waals surface area contributed by atoms with Gasteiger partial charge in [0.15, 0.2) is 0 Å². The van der Waals surface area contributed by atoms with Crippen LogP contribution in [0, 0.1) is 11.8 Å². The number of likely N-dealkylation sites (tertiary alicyclic amines) is 1. The molecule has 1 aromatic heterocycles. The Hall–Kier alpha value is -4.56. The fraction of sp³-hybridized carbons (Fsp3) is 0.634. The molecule has 2 heterocycles. The Morgan fingerprint density at radius 1 is 0.817 bits per heavy atom. The maximum atomic E-state index is 13.3. The molecule has 1 aliphatic rings. The standard InChI is InChI=1S/C41H60N4O14S/c1-6-9-42-36(47)25-55-14-12-53-16-18-58-39(50)24-44-23-32(41(52)59-19-17-54-13-15-56-26-37(48)43-22-28(2)3)31-20-30(7-8-33(31)44)57-11-10-45-38(49)21-35(40(45)51)60-27-34(46)29(4)5/h7-8,20,23,28-29,35H,6,9-19,21-22,24-27H2,1-5H3,(H,42,47)(H,43,48). The summed E-state index contributed by atoms with van der Waals surface area (Å²) in [6, 6.07) is 4.90. The molecule has 4 amide bonds. The lowest BCUT2D eigenvalue weighted by atomic mass is 10.1. The molecule has 2 N–H and O–H groups in total. The van der Waals surface area contributed by atoms with Crippen LogP contribution in [0.2, 0.25) is 0 Å². The maximum absolute atomic E-state index is 13.3. The van der Waals surface area contributed by atoms with Crippen LogP contribution in [0.4, 0.5) is 0 Å². The first-order chi connectivity index (χ1) is 28.8. The van der Waals surface area contributed by atoms with Crippen LogP contribution in [0.5, 0.6) is 5.75 Å². The van der Waals surface area contributed by atoms with Crippen LogP contribution in [0.3, 0.4) is 0 Å². The van der Waals surface area contributed by atoms with Crippen molar-refractivity contribution < 1.29 is 66.7 Å². The molecule has 1 aliphatic heterocycles. The third-order valence-electron chi connectivity index (χ3n) is 8.67. The first-order valence-corrected chi connectivity index (χ1v) is 21.3. The highest BCUT2D eigenvalue weighted by molar-refractivity contribution is 8.01. The minimum atomic E-state index is -0.683. The lowest BCUT2D eigenvalue weighted by molar-refractivity contribution is -0.146. The van der Waals surface area contributed by atoms with Crippen LogP contribution in [-0.2, 0) is 63.7 Å². The van der Waals surface area contributed by atoms with E-state index in [-0.39, 0.29) is 139 Å². The highest BCUT2D eigenvalue weighted by Gasteiger charge is 2.39. The lowest BCUT2D eigenvalue weighted by Crippen LogP contribution is -2.35. The van der Waals surface area contributed by atoms with Crippen LogP contribution < -0.4 is 15.4 Å². The van der Waals surface area contributed by atoms with E-state index in [9.17, 15) is 33.6 Å². The van der Waals surface area contributed by atoms with Gasteiger partial charge in [-0.3, -0.25) is 33.7 Å². The zero-order valence-electron chi connectivity index (χ0n) is 35.3. The van der Waals surface area contributed by atoms with E-state index in [2.05, 4.69) is 10.6 Å². The number of rotatable bonds is 31. The number of benzene rings is 1. The van der Waals surface area contributed by atoms with Gasteiger partial charge in [0.2, 0.25) is 23.6 Å². The summed E-state index contributed by atoms with van der Waals surface area (Å²) in [6.45, 7) is 11.0. The van der Waals surface area contributed by atoms with Crippen molar-refractivity contribution in [2.24, 2.45) is 11.8 Å². The molecule has 1 aromatic carbocycles. The molecule has 0 saturated carbocycles. The van der Waals surface area contributed by atoms with Gasteiger partial charge in [0.25, 0.3) is 0 Å². The normalized spacial score (nSPS) is 14.0. The molecule has 18 nitrogen and oxygen atoms in total. The largest absolute Gasteiger partial charge is 0.492 e. The number of fused-ring (bicyclic) bond motifs is 1. The minimum Gasteiger partial charge on any atom is -0.492 e. The Balaban J connectivity index is 1.55. The molecule has 0 radical (unpaired) electrons. The molecular formula is C41H60N4O14S. The van der Waals surface area contributed by atoms with Crippen molar-refractivity contribution in [1.82, 2.24) is 20.1 Å². The SMILES string of the molecule is CCCNC(=O)COCCOCCOC(=O)Cn1cc(C(=O)OCCOCCOCC(=O)NCC(C)C)c2cc(OCCN3C(=O)CC(SCC(=O)C(C)C)C3=O)ccc21. The molecule has 1 saturated heterocycles. The molecule has 334 valence electrons. The second kappa shape index (κ2) is 27.3. The van der Waals surface area contributed by atoms with E-state index in [1.165, 1.54) is 18.0 Å². The Morgan fingerprint density at radius 3 is 2.10 bits per heavy atom. The lowest BCUT2D eigenvalue weighted by Gasteiger charge is -2.15. The number of nitrogens with zero attached hydrogens (tertiary/aromatic N) is 2. The first kappa shape index (κ1) is 49.8. The van der Waals surface area contributed by atoms with Gasteiger partial charge in [0.05, 0.1) is 62.8 Å². The molecular weight excluding hydrogens is 805 g/mol. The van der Waals surface area contributed by atoms with Gasteiger partial charge in [-0.15, -0.1) is 11.8 Å². The summed E-state index contributed by atoms with van der Waals surface area (Å²) in [5.41, 5.74) is 0.653. The number of esters is 2. The van der Waals surface area contributed by atoms with Crippen molar-refractivity contribution >= 4 is 64.0 Å². The van der Waals surface area contributed by atoms with Crippen molar-refractivity contribution in [3.63, 3.8) is 0 Å². The third kappa shape index (κ3) is 18.0. The Kier molecular flexibility index (Phi) is 22.7. The Morgan fingerprint density at radius 2 is 1.45 bits per heavy atom. The summed E-state index contributed by atoms with van der Waals surface area (Å²) >= 11 is 1.17. The predicted molar refractivity (Wildman–Crippen MR) is 221 cm³/mol. The molecule has 3 rings (SSSR count). The summed E-state index contributed by atoms with van der Waals surface area (Å²) in [6.07, 6.45) is 2.32. The predicted octanol–water partition coefficient (Wildman–Crippen LogP) is 2.17. The minimum absolute atomic E-state index is 0.00401. The quantitative estimate of drug-likeness (QED) is 0.0631. The smallest absolute Gasteiger partial charge is 0.340 e. The van der Waals surface area contributed by atoms with Crippen molar-refractivity contribution in [2.75, 3.05) is 98.1 Å². The van der Waals surface area contributed by atoms with Gasteiger partial charge in [-0.25, -0.2) is 4.79 Å². The molecule has 2 aromatic rings. The van der Waals surface area contributed by atoms with Gasteiger partial charge in [-0.2, -0.15) is 0 Å². The summed E-state index contributed by atoms with van der Waals surface area (Å²) in [7, 11) is 0. The average molecular weight is 865 g/mol. The van der Waals surface area contributed by atoms with Crippen LogP contribution in [0.15, 0.2) is 24.4 Å². The summed E-state index contributed by atoms with van der Waals surface area (Å²) < 4.78 is 39.8. The number of hydrogen-bond acceptors (Lipinski definition) is 15. The number of imide groups is 1. The second-order valence-corrected chi connectivity index (χ2v) is 15.6. The van der Waals surface area contributed by atoms with Gasteiger partial charge in [-0.1, -0.05) is 34.6 Å². The molecule has 0 spiro atoms. The molecule has 60 heavy (non-hydrogen) atoms. The number of ketones is 1. The van der Waals surface area contributed by atoms with E-state index in [1.54, 1.807) is 36.6 Å². The first-order valence-electron chi connectivity index (χ1n) is 20.2. The van der Waals surface area contributed by atoms with Crippen molar-refractivity contribution in [1.29, 1.82) is 0 Å². The monoisotopic (exact) mass is 864 g/mol. The number of aromatic nitrogens is 1. The molecule has 1 unspecified atom stereocenters. The topological polar surface area (TPSA) is 216 Å². The number of carbonyl (C=O) groups is 7. The fourth-order valence-corrected chi connectivity index (χ4v) is 6.63. The van der Waals surface area contributed by atoms with Gasteiger partial charge in [0, 0.05) is 42.5 Å². The summed E-state index contributed by atoms with van der Waals surface area (Å²) in [4.78, 5) is 88.3. The molecule has 1 fully saturated rings. The van der Waals surface area contributed by atoms with Crippen LogP contribution in [0.1, 0.15) is 57.8 Å². The maximum Gasteiger partial charge on any atom is 0.340 e. The average Bonchev–Trinajstić information content (AvgIpc) is 3.71. The van der Waals surface area contributed by atoms with E-state index >= 15 is 0 Å². The van der Waals surface area contributed by atoms with E-state index in [4.69, 9.17) is 33.2 Å². The molecule has 1 atom stereocenters.